The minimum Gasteiger partial charge on any atom is -0.444 e. The number of guanidine groups is 1. The molecule has 10 nitrogen and oxygen atoms in total. The Bertz CT molecular complexity index is 745. The summed E-state index contributed by atoms with van der Waals surface area (Å²) < 4.78 is 7.10. The van der Waals surface area contributed by atoms with Crippen molar-refractivity contribution in [3.63, 3.8) is 0 Å². The van der Waals surface area contributed by atoms with Crippen molar-refractivity contribution in [3.8, 4) is 0 Å². The van der Waals surface area contributed by atoms with Gasteiger partial charge >= 0.3 is 6.09 Å². The van der Waals surface area contributed by atoms with Crippen molar-refractivity contribution in [2.75, 3.05) is 51.2 Å². The Morgan fingerprint density at radius 1 is 1.37 bits per heavy atom. The minimum atomic E-state index is -0.526. The first kappa shape index (κ1) is 26.0. The Kier molecular flexibility index (Phi) is 9.85. The second-order valence-electron chi connectivity index (χ2n) is 7.87. The Hall–Kier alpha value is -2.05. The average molecular weight is 535 g/mol. The summed E-state index contributed by atoms with van der Waals surface area (Å²) in [6.07, 6.45) is 3.19. The van der Waals surface area contributed by atoms with Gasteiger partial charge in [-0.3, -0.25) is 14.5 Å². The number of hydrogen-bond acceptors (Lipinski definition) is 5. The van der Waals surface area contributed by atoms with Gasteiger partial charge in [-0.2, -0.15) is 5.10 Å². The van der Waals surface area contributed by atoms with Gasteiger partial charge in [0.05, 0.1) is 11.9 Å². The number of nitrogens with one attached hydrogen (secondary N) is 1. The summed E-state index contributed by atoms with van der Waals surface area (Å²) in [5, 5.41) is 7.37. The lowest BCUT2D eigenvalue weighted by Crippen LogP contribution is -2.56. The number of likely N-dealkylation sites (N-methyl/N-ethyl adjacent to an activating group) is 1. The zero-order valence-electron chi connectivity index (χ0n) is 18.7. The van der Waals surface area contributed by atoms with Gasteiger partial charge in [0.1, 0.15) is 12.1 Å². The third-order valence-electron chi connectivity index (χ3n) is 4.43. The van der Waals surface area contributed by atoms with Crippen molar-refractivity contribution in [3.05, 3.63) is 12.4 Å². The van der Waals surface area contributed by atoms with Crippen LogP contribution in [0.4, 0.5) is 10.5 Å². The van der Waals surface area contributed by atoms with Crippen molar-refractivity contribution < 1.29 is 14.3 Å². The molecular weight excluding hydrogens is 501 g/mol. The van der Waals surface area contributed by atoms with Crippen LogP contribution in [0.25, 0.3) is 0 Å². The van der Waals surface area contributed by atoms with Gasteiger partial charge in [-0.1, -0.05) is 0 Å². The number of ether oxygens (including phenoxy) is 1. The van der Waals surface area contributed by atoms with Gasteiger partial charge < -0.3 is 24.8 Å². The average Bonchev–Trinajstić information content (AvgIpc) is 3.06. The molecule has 0 atom stereocenters. The van der Waals surface area contributed by atoms with E-state index in [0.717, 1.165) is 5.69 Å². The van der Waals surface area contributed by atoms with Crippen LogP contribution in [0.5, 0.6) is 0 Å². The van der Waals surface area contributed by atoms with E-state index in [1.165, 1.54) is 0 Å². The van der Waals surface area contributed by atoms with Crippen molar-refractivity contribution in [1.29, 1.82) is 0 Å². The zero-order valence-corrected chi connectivity index (χ0v) is 21.0. The summed E-state index contributed by atoms with van der Waals surface area (Å²) >= 11 is 0. The van der Waals surface area contributed by atoms with E-state index in [2.05, 4.69) is 15.4 Å². The summed E-state index contributed by atoms with van der Waals surface area (Å²) in [5.41, 5.74) is 0.276. The molecule has 30 heavy (non-hydrogen) atoms. The number of aliphatic imine (C=N–C) groups is 1. The number of aryl methyl sites for hydroxylation is 1. The molecule has 0 radical (unpaired) electrons. The Labute approximate surface area is 195 Å². The molecule has 0 aliphatic carbocycles. The molecule has 1 saturated heterocycles. The molecule has 1 fully saturated rings. The molecule has 1 aliphatic rings. The standard InChI is InChI=1S/C19H33N7O3.HI/c1-7-24(18(28)29-19(2,3)4)9-8-21-17(20-5)25-10-11-26(16(27)14-25)15-12-22-23(6)13-15;/h12-13H,7-11,14H2,1-6H3,(H,20,21);1H. The van der Waals surface area contributed by atoms with E-state index in [1.54, 1.807) is 27.7 Å². The third kappa shape index (κ3) is 7.33. The third-order valence-corrected chi connectivity index (χ3v) is 4.43. The van der Waals surface area contributed by atoms with Crippen molar-refractivity contribution in [2.45, 2.75) is 33.3 Å². The SMILES string of the molecule is CCN(CCNC(=NC)N1CCN(c2cnn(C)c2)C(=O)C1)C(=O)OC(C)(C)C.I. The predicted octanol–water partition coefficient (Wildman–Crippen LogP) is 1.52. The van der Waals surface area contributed by atoms with Gasteiger partial charge in [0.15, 0.2) is 5.96 Å². The molecule has 2 heterocycles. The monoisotopic (exact) mass is 535 g/mol. The maximum atomic E-state index is 12.6. The second kappa shape index (κ2) is 11.4. The molecule has 1 aromatic heterocycles. The molecule has 0 unspecified atom stereocenters. The van der Waals surface area contributed by atoms with Crippen LogP contribution in [0.2, 0.25) is 0 Å². The number of aromatic nitrogens is 2. The topological polar surface area (TPSA) is 95.3 Å². The molecule has 1 aliphatic heterocycles. The van der Waals surface area contributed by atoms with E-state index in [9.17, 15) is 9.59 Å². The van der Waals surface area contributed by atoms with Crippen LogP contribution < -0.4 is 10.2 Å². The van der Waals surface area contributed by atoms with E-state index in [0.29, 0.717) is 38.7 Å². The fraction of sp³-hybridized carbons (Fsp3) is 0.684. The number of carbonyl (C=O) groups excluding carboxylic acids is 2. The summed E-state index contributed by atoms with van der Waals surface area (Å²) in [6, 6.07) is 0. The first-order valence-corrected chi connectivity index (χ1v) is 9.87. The molecule has 1 N–H and O–H groups in total. The van der Waals surface area contributed by atoms with Gasteiger partial charge in [-0.15, -0.1) is 24.0 Å². The molecule has 0 saturated carbocycles. The zero-order chi connectivity index (χ0) is 21.6. The molecule has 2 amide bonds. The molecule has 0 bridgehead atoms. The van der Waals surface area contributed by atoms with Crippen LogP contribution in [0.1, 0.15) is 27.7 Å². The maximum Gasteiger partial charge on any atom is 0.410 e. The fourth-order valence-electron chi connectivity index (χ4n) is 3.01. The number of rotatable bonds is 5. The van der Waals surface area contributed by atoms with Crippen molar-refractivity contribution >= 4 is 47.6 Å². The van der Waals surface area contributed by atoms with Crippen LogP contribution in [0, 0.1) is 0 Å². The Morgan fingerprint density at radius 2 is 2.07 bits per heavy atom. The normalized spacial score (nSPS) is 15.0. The lowest BCUT2D eigenvalue weighted by atomic mass is 10.2. The molecule has 170 valence electrons. The van der Waals surface area contributed by atoms with Gasteiger partial charge in [-0.05, 0) is 27.7 Å². The number of halogens is 1. The highest BCUT2D eigenvalue weighted by molar-refractivity contribution is 14.0. The van der Waals surface area contributed by atoms with Gasteiger partial charge in [0.25, 0.3) is 0 Å². The van der Waals surface area contributed by atoms with Crippen LogP contribution in [0.3, 0.4) is 0 Å². The number of piperazine rings is 1. The predicted molar refractivity (Wildman–Crippen MR) is 127 cm³/mol. The lowest BCUT2D eigenvalue weighted by molar-refractivity contribution is -0.120. The minimum absolute atomic E-state index is 0. The molecule has 1 aromatic rings. The summed E-state index contributed by atoms with van der Waals surface area (Å²) in [7, 11) is 3.51. The molecule has 11 heteroatoms. The highest BCUT2D eigenvalue weighted by Crippen LogP contribution is 2.16. The summed E-state index contributed by atoms with van der Waals surface area (Å²) in [6.45, 7) is 10.5. The summed E-state index contributed by atoms with van der Waals surface area (Å²) in [4.78, 5) is 34.4. The Morgan fingerprint density at radius 3 is 2.57 bits per heavy atom. The van der Waals surface area contributed by atoms with Crippen LogP contribution in [0.15, 0.2) is 17.4 Å². The van der Waals surface area contributed by atoms with Crippen LogP contribution in [-0.4, -0.2) is 89.5 Å². The number of amides is 2. The number of anilines is 1. The number of carbonyl (C=O) groups is 2. The van der Waals surface area contributed by atoms with Gasteiger partial charge in [-0.25, -0.2) is 4.79 Å². The van der Waals surface area contributed by atoms with Crippen molar-refractivity contribution in [1.82, 2.24) is 24.9 Å². The quantitative estimate of drug-likeness (QED) is 0.349. The fourth-order valence-corrected chi connectivity index (χ4v) is 3.01. The summed E-state index contributed by atoms with van der Waals surface area (Å²) in [5.74, 6) is 0.639. The van der Waals surface area contributed by atoms with E-state index in [4.69, 9.17) is 4.74 Å². The lowest BCUT2D eigenvalue weighted by Gasteiger charge is -2.35. The van der Waals surface area contributed by atoms with Gasteiger partial charge in [0.2, 0.25) is 5.91 Å². The highest BCUT2D eigenvalue weighted by Gasteiger charge is 2.28. The first-order valence-electron chi connectivity index (χ1n) is 9.87. The molecule has 0 spiro atoms. The second-order valence-corrected chi connectivity index (χ2v) is 7.87. The molecular formula is C19H34IN7O3. The molecule has 0 aromatic carbocycles. The van der Waals surface area contributed by atoms with Gasteiger partial charge in [0, 0.05) is 53.0 Å². The first-order chi connectivity index (χ1) is 13.6. The van der Waals surface area contributed by atoms with Crippen molar-refractivity contribution in [2.24, 2.45) is 12.0 Å². The Balaban J connectivity index is 0.00000450. The number of hydrogen-bond donors (Lipinski definition) is 1. The van der Waals surface area contributed by atoms with Crippen LogP contribution in [-0.2, 0) is 16.6 Å². The van der Waals surface area contributed by atoms with E-state index in [-0.39, 0.29) is 42.5 Å². The van der Waals surface area contributed by atoms with E-state index >= 15 is 0 Å². The molecule has 2 rings (SSSR count). The highest BCUT2D eigenvalue weighted by atomic mass is 127. The van der Waals surface area contributed by atoms with E-state index < -0.39 is 5.60 Å². The smallest absolute Gasteiger partial charge is 0.410 e. The van der Waals surface area contributed by atoms with Crippen LogP contribution >= 0.6 is 24.0 Å². The van der Waals surface area contributed by atoms with E-state index in [1.807, 2.05) is 45.8 Å². The largest absolute Gasteiger partial charge is 0.444 e. The maximum absolute atomic E-state index is 12.6. The number of nitrogens with zero attached hydrogens (tertiary/aromatic N) is 6.